The van der Waals surface area contributed by atoms with Gasteiger partial charge in [-0.2, -0.15) is 0 Å². The SMILES string of the molecule is CC(CCc1ccc(C(N)=O)nc1)N1CCCC1. The van der Waals surface area contributed by atoms with Crippen LogP contribution in [0.5, 0.6) is 0 Å². The van der Waals surface area contributed by atoms with E-state index in [4.69, 9.17) is 5.73 Å². The van der Waals surface area contributed by atoms with E-state index < -0.39 is 5.91 Å². The zero-order chi connectivity index (χ0) is 13.0. The summed E-state index contributed by atoms with van der Waals surface area (Å²) < 4.78 is 0. The lowest BCUT2D eigenvalue weighted by atomic mass is 10.1. The molecule has 1 aromatic heterocycles. The molecule has 1 aliphatic heterocycles. The van der Waals surface area contributed by atoms with Crippen molar-refractivity contribution in [2.45, 2.75) is 38.6 Å². The summed E-state index contributed by atoms with van der Waals surface area (Å²) in [6.45, 7) is 4.76. The predicted molar refractivity (Wildman–Crippen MR) is 71.3 cm³/mol. The van der Waals surface area contributed by atoms with Crippen molar-refractivity contribution in [1.82, 2.24) is 9.88 Å². The fourth-order valence-electron chi connectivity index (χ4n) is 2.46. The molecular weight excluding hydrogens is 226 g/mol. The fourth-order valence-corrected chi connectivity index (χ4v) is 2.46. The van der Waals surface area contributed by atoms with Gasteiger partial charge in [-0.25, -0.2) is 0 Å². The van der Waals surface area contributed by atoms with E-state index in [0.717, 1.165) is 12.8 Å². The summed E-state index contributed by atoms with van der Waals surface area (Å²) in [7, 11) is 0. The van der Waals surface area contributed by atoms with Crippen LogP contribution in [0.25, 0.3) is 0 Å². The standard InChI is InChI=1S/C14H21N3O/c1-11(17-8-2-3-9-17)4-5-12-6-7-13(14(15)18)16-10-12/h6-7,10-11H,2-5,8-9H2,1H3,(H2,15,18). The van der Waals surface area contributed by atoms with E-state index in [1.54, 1.807) is 12.3 Å². The minimum absolute atomic E-state index is 0.339. The van der Waals surface area contributed by atoms with Crippen LogP contribution in [0.3, 0.4) is 0 Å². The van der Waals surface area contributed by atoms with Crippen LogP contribution in [0.4, 0.5) is 0 Å². The van der Waals surface area contributed by atoms with Crippen LogP contribution >= 0.6 is 0 Å². The molecule has 2 heterocycles. The van der Waals surface area contributed by atoms with Gasteiger partial charge in [0, 0.05) is 12.2 Å². The third-order valence-corrected chi connectivity index (χ3v) is 3.69. The molecule has 98 valence electrons. The number of primary amides is 1. The third kappa shape index (κ3) is 3.29. The van der Waals surface area contributed by atoms with Crippen molar-refractivity contribution in [2.24, 2.45) is 5.73 Å². The Morgan fingerprint density at radius 1 is 1.44 bits per heavy atom. The summed E-state index contributed by atoms with van der Waals surface area (Å²) in [5, 5.41) is 0. The molecule has 0 saturated carbocycles. The number of carbonyl (C=O) groups excluding carboxylic acids is 1. The number of amides is 1. The maximum absolute atomic E-state index is 10.9. The van der Waals surface area contributed by atoms with Gasteiger partial charge in [0.25, 0.3) is 5.91 Å². The maximum atomic E-state index is 10.9. The average molecular weight is 247 g/mol. The van der Waals surface area contributed by atoms with Crippen molar-refractivity contribution in [1.29, 1.82) is 0 Å². The van der Waals surface area contributed by atoms with E-state index in [-0.39, 0.29) is 0 Å². The van der Waals surface area contributed by atoms with Gasteiger partial charge in [0.1, 0.15) is 5.69 Å². The number of nitrogens with zero attached hydrogens (tertiary/aromatic N) is 2. The van der Waals surface area contributed by atoms with Crippen LogP contribution in [0, 0.1) is 0 Å². The molecule has 0 aliphatic carbocycles. The van der Waals surface area contributed by atoms with Gasteiger partial charge in [-0.3, -0.25) is 9.78 Å². The van der Waals surface area contributed by atoms with E-state index in [9.17, 15) is 4.79 Å². The van der Waals surface area contributed by atoms with Gasteiger partial charge >= 0.3 is 0 Å². The first kappa shape index (κ1) is 13.0. The monoisotopic (exact) mass is 247 g/mol. The Hall–Kier alpha value is -1.42. The molecule has 1 unspecified atom stereocenters. The minimum Gasteiger partial charge on any atom is -0.364 e. The highest BCUT2D eigenvalue weighted by molar-refractivity contribution is 5.90. The third-order valence-electron chi connectivity index (χ3n) is 3.69. The predicted octanol–water partition coefficient (Wildman–Crippen LogP) is 1.60. The summed E-state index contributed by atoms with van der Waals surface area (Å²) >= 11 is 0. The Bertz CT molecular complexity index is 396. The quantitative estimate of drug-likeness (QED) is 0.859. The number of pyridine rings is 1. The van der Waals surface area contributed by atoms with Gasteiger partial charge in [0.15, 0.2) is 0 Å². The van der Waals surface area contributed by atoms with Crippen LogP contribution in [-0.4, -0.2) is 34.9 Å². The van der Waals surface area contributed by atoms with Gasteiger partial charge in [-0.1, -0.05) is 6.07 Å². The fraction of sp³-hybridized carbons (Fsp3) is 0.571. The Kier molecular flexibility index (Phi) is 4.31. The average Bonchev–Trinajstić information content (AvgIpc) is 2.90. The molecule has 1 saturated heterocycles. The second-order valence-electron chi connectivity index (χ2n) is 5.05. The molecule has 4 nitrogen and oxygen atoms in total. The lowest BCUT2D eigenvalue weighted by Gasteiger charge is -2.23. The highest BCUT2D eigenvalue weighted by atomic mass is 16.1. The summed E-state index contributed by atoms with van der Waals surface area (Å²) in [5.74, 6) is -0.466. The zero-order valence-corrected chi connectivity index (χ0v) is 10.9. The summed E-state index contributed by atoms with van der Waals surface area (Å²) in [4.78, 5) is 17.5. The summed E-state index contributed by atoms with van der Waals surface area (Å²) in [6.07, 6.45) is 6.57. The number of hydrogen-bond donors (Lipinski definition) is 1. The molecule has 0 radical (unpaired) electrons. The lowest BCUT2D eigenvalue weighted by Crippen LogP contribution is -2.30. The highest BCUT2D eigenvalue weighted by Gasteiger charge is 2.17. The molecule has 0 bridgehead atoms. The van der Waals surface area contributed by atoms with Crippen molar-refractivity contribution >= 4 is 5.91 Å². The van der Waals surface area contributed by atoms with E-state index in [1.807, 2.05) is 6.07 Å². The summed E-state index contributed by atoms with van der Waals surface area (Å²) in [5.41, 5.74) is 6.67. The van der Waals surface area contributed by atoms with Crippen LogP contribution in [0.2, 0.25) is 0 Å². The Morgan fingerprint density at radius 3 is 2.72 bits per heavy atom. The smallest absolute Gasteiger partial charge is 0.267 e. The van der Waals surface area contributed by atoms with Gasteiger partial charge in [0.05, 0.1) is 0 Å². The molecule has 2 N–H and O–H groups in total. The molecule has 18 heavy (non-hydrogen) atoms. The van der Waals surface area contributed by atoms with Crippen LogP contribution in [0.15, 0.2) is 18.3 Å². The molecule has 1 aliphatic rings. The van der Waals surface area contributed by atoms with Crippen molar-refractivity contribution in [3.05, 3.63) is 29.6 Å². The minimum atomic E-state index is -0.466. The molecule has 1 atom stereocenters. The van der Waals surface area contributed by atoms with E-state index in [0.29, 0.717) is 11.7 Å². The van der Waals surface area contributed by atoms with Crippen molar-refractivity contribution in [2.75, 3.05) is 13.1 Å². The molecule has 0 spiro atoms. The highest BCUT2D eigenvalue weighted by Crippen LogP contribution is 2.15. The Morgan fingerprint density at radius 2 is 2.17 bits per heavy atom. The normalized spacial score (nSPS) is 17.8. The van der Waals surface area contributed by atoms with E-state index >= 15 is 0 Å². The van der Waals surface area contributed by atoms with Gasteiger partial charge in [-0.15, -0.1) is 0 Å². The van der Waals surface area contributed by atoms with E-state index in [2.05, 4.69) is 16.8 Å². The largest absolute Gasteiger partial charge is 0.364 e. The number of likely N-dealkylation sites (tertiary alicyclic amines) is 1. The molecular formula is C14H21N3O. The maximum Gasteiger partial charge on any atom is 0.267 e. The van der Waals surface area contributed by atoms with Crippen LogP contribution in [-0.2, 0) is 6.42 Å². The second-order valence-corrected chi connectivity index (χ2v) is 5.05. The van der Waals surface area contributed by atoms with Crippen molar-refractivity contribution in [3.63, 3.8) is 0 Å². The zero-order valence-electron chi connectivity index (χ0n) is 10.9. The van der Waals surface area contributed by atoms with Gasteiger partial charge in [-0.05, 0) is 57.3 Å². The van der Waals surface area contributed by atoms with Crippen LogP contribution in [0.1, 0.15) is 42.2 Å². The molecule has 4 heteroatoms. The number of aryl methyl sites for hydroxylation is 1. The number of rotatable bonds is 5. The van der Waals surface area contributed by atoms with E-state index in [1.165, 1.54) is 31.5 Å². The topological polar surface area (TPSA) is 59.2 Å². The van der Waals surface area contributed by atoms with Gasteiger partial charge in [0.2, 0.25) is 0 Å². The molecule has 1 aromatic rings. The van der Waals surface area contributed by atoms with Crippen molar-refractivity contribution in [3.8, 4) is 0 Å². The Balaban J connectivity index is 1.84. The Labute approximate surface area is 108 Å². The number of hydrogen-bond acceptors (Lipinski definition) is 3. The number of nitrogens with two attached hydrogens (primary N) is 1. The first-order valence-corrected chi connectivity index (χ1v) is 6.65. The molecule has 1 fully saturated rings. The van der Waals surface area contributed by atoms with Gasteiger partial charge < -0.3 is 10.6 Å². The number of carbonyl (C=O) groups is 1. The first-order valence-electron chi connectivity index (χ1n) is 6.65. The first-order chi connectivity index (χ1) is 8.66. The second kappa shape index (κ2) is 5.96. The summed E-state index contributed by atoms with van der Waals surface area (Å²) in [6, 6.07) is 4.28. The molecule has 0 aromatic carbocycles. The molecule has 2 rings (SSSR count). The lowest BCUT2D eigenvalue weighted by molar-refractivity contribution is 0.0995. The number of aromatic nitrogens is 1. The van der Waals surface area contributed by atoms with Crippen LogP contribution < -0.4 is 5.73 Å². The van der Waals surface area contributed by atoms with Crippen molar-refractivity contribution < 1.29 is 4.79 Å². The molecule has 1 amide bonds.